The van der Waals surface area contributed by atoms with E-state index in [2.05, 4.69) is 28.3 Å². The molecule has 0 bridgehead atoms. The first-order valence-corrected chi connectivity index (χ1v) is 15.5. The number of anilines is 1. The maximum absolute atomic E-state index is 13.1. The number of hydrogen-bond donors (Lipinski definition) is 1. The molecule has 1 saturated carbocycles. The van der Waals surface area contributed by atoms with E-state index in [0.29, 0.717) is 23.3 Å². The maximum Gasteiger partial charge on any atom is 0.264 e. The van der Waals surface area contributed by atoms with Gasteiger partial charge in [-0.15, -0.1) is 6.58 Å². The van der Waals surface area contributed by atoms with E-state index in [-0.39, 0.29) is 23.3 Å². The zero-order valence-electron chi connectivity index (χ0n) is 23.1. The number of aryl methyl sites for hydroxylation is 1. The highest BCUT2D eigenvalue weighted by molar-refractivity contribution is 7.90. The summed E-state index contributed by atoms with van der Waals surface area (Å²) in [6.45, 7) is 9.78. The van der Waals surface area contributed by atoms with Gasteiger partial charge in [0.05, 0.1) is 18.4 Å². The summed E-state index contributed by atoms with van der Waals surface area (Å²) >= 11 is 4.74. The molecule has 1 unspecified atom stereocenters. The second-order valence-corrected chi connectivity index (χ2v) is 13.2. The largest absolute Gasteiger partial charge is 0.588 e. The van der Waals surface area contributed by atoms with Gasteiger partial charge in [-0.2, -0.15) is 4.72 Å². The van der Waals surface area contributed by atoms with Gasteiger partial charge < -0.3 is 18.9 Å². The quantitative estimate of drug-likeness (QED) is 0.319. The third kappa shape index (κ3) is 5.69. The van der Waals surface area contributed by atoms with Gasteiger partial charge in [-0.1, -0.05) is 37.6 Å². The normalized spacial score (nSPS) is 25.5. The van der Waals surface area contributed by atoms with E-state index in [1.807, 2.05) is 24.3 Å². The summed E-state index contributed by atoms with van der Waals surface area (Å²) in [7, 11) is 1.75. The number of hydrogen-bond acceptors (Lipinski definition) is 5. The molecule has 8 heteroatoms. The van der Waals surface area contributed by atoms with Gasteiger partial charge >= 0.3 is 0 Å². The topological polar surface area (TPSA) is 73.9 Å². The van der Waals surface area contributed by atoms with Gasteiger partial charge in [-0.05, 0) is 79.3 Å². The summed E-state index contributed by atoms with van der Waals surface area (Å²) in [6, 6.07) is 11.9. The fraction of sp³-hybridized carbons (Fsp3) is 0.516. The molecule has 1 heterocycles. The van der Waals surface area contributed by atoms with Crippen LogP contribution in [0.25, 0.3) is 0 Å². The van der Waals surface area contributed by atoms with Crippen molar-refractivity contribution in [1.82, 2.24) is 4.72 Å². The van der Waals surface area contributed by atoms with E-state index in [1.54, 1.807) is 27.0 Å². The molecule has 3 aliphatic rings. The number of carbonyl (C=O) groups excluding carboxylic acids is 1. The van der Waals surface area contributed by atoms with E-state index in [0.717, 1.165) is 61.7 Å². The summed E-state index contributed by atoms with van der Waals surface area (Å²) < 4.78 is 28.1. The third-order valence-electron chi connectivity index (χ3n) is 8.80. The maximum atomic E-state index is 13.1. The lowest BCUT2D eigenvalue weighted by Gasteiger charge is -2.45. The Balaban J connectivity index is 1.51. The first kappa shape index (κ1) is 28.3. The molecule has 5 rings (SSSR count). The van der Waals surface area contributed by atoms with Crippen LogP contribution in [-0.2, 0) is 32.7 Å². The number of nitrogens with one attached hydrogen (secondary N) is 1. The summed E-state index contributed by atoms with van der Waals surface area (Å²) in [5.41, 5.74) is 3.36. The first-order chi connectivity index (χ1) is 18.7. The Bertz CT molecular complexity index is 1220. The Morgan fingerprint density at radius 3 is 2.85 bits per heavy atom. The van der Waals surface area contributed by atoms with Gasteiger partial charge in [0.15, 0.2) is 4.90 Å². The molecule has 0 radical (unpaired) electrons. The Hall–Kier alpha value is -2.19. The minimum Gasteiger partial charge on any atom is -0.588 e. The molecule has 6 nitrogen and oxygen atoms in total. The molecule has 1 N–H and O–H groups in total. The van der Waals surface area contributed by atoms with Crippen LogP contribution in [-0.4, -0.2) is 43.4 Å². The average Bonchev–Trinajstić information content (AvgIpc) is 3.06. The lowest BCUT2D eigenvalue weighted by Crippen LogP contribution is -2.49. The fourth-order valence-electron chi connectivity index (χ4n) is 6.46. The van der Waals surface area contributed by atoms with E-state index in [9.17, 15) is 9.35 Å². The van der Waals surface area contributed by atoms with Crippen LogP contribution >= 0.6 is 11.6 Å². The van der Waals surface area contributed by atoms with E-state index in [1.165, 1.54) is 11.1 Å². The van der Waals surface area contributed by atoms with Crippen LogP contribution in [0.2, 0.25) is 5.02 Å². The Labute approximate surface area is 240 Å². The number of benzene rings is 2. The molecule has 2 aromatic carbocycles. The Morgan fingerprint density at radius 2 is 2.15 bits per heavy atom. The molecular formula is C31H39ClN2O4S. The minimum atomic E-state index is -1.65. The zero-order valence-corrected chi connectivity index (χ0v) is 24.7. The van der Waals surface area contributed by atoms with Gasteiger partial charge in [-0.25, -0.2) is 0 Å². The molecular weight excluding hydrogens is 532 g/mol. The molecule has 2 aromatic rings. The molecule has 2 aliphatic carbocycles. The number of methoxy groups -OCH3 is 1. The van der Waals surface area contributed by atoms with Crippen molar-refractivity contribution in [2.24, 2.45) is 17.8 Å². The van der Waals surface area contributed by atoms with Crippen LogP contribution in [0.3, 0.4) is 0 Å². The lowest BCUT2D eigenvalue weighted by molar-refractivity contribution is -0.122. The van der Waals surface area contributed by atoms with Crippen LogP contribution < -0.4 is 14.4 Å². The molecule has 5 atom stereocenters. The van der Waals surface area contributed by atoms with Crippen molar-refractivity contribution in [3.8, 4) is 5.75 Å². The highest BCUT2D eigenvalue weighted by Crippen LogP contribution is 2.47. The number of rotatable bonds is 8. The van der Waals surface area contributed by atoms with Gasteiger partial charge in [0, 0.05) is 42.6 Å². The van der Waals surface area contributed by atoms with Crippen molar-refractivity contribution in [3.05, 3.63) is 65.2 Å². The molecule has 0 saturated heterocycles. The average molecular weight is 571 g/mol. The summed E-state index contributed by atoms with van der Waals surface area (Å²) in [5.74, 6) is 1.16. The van der Waals surface area contributed by atoms with Gasteiger partial charge in [-0.3, -0.25) is 4.79 Å². The van der Waals surface area contributed by atoms with Crippen LogP contribution in [0.15, 0.2) is 53.9 Å². The lowest BCUT2D eigenvalue weighted by atomic mass is 9.68. The molecule has 210 valence electrons. The van der Waals surface area contributed by atoms with Crippen LogP contribution in [0.5, 0.6) is 5.75 Å². The van der Waals surface area contributed by atoms with Crippen molar-refractivity contribution in [1.29, 1.82) is 0 Å². The number of carbonyl (C=O) groups is 1. The first-order valence-electron chi connectivity index (χ1n) is 13.9. The van der Waals surface area contributed by atoms with Crippen molar-refractivity contribution in [2.45, 2.75) is 62.4 Å². The second-order valence-electron chi connectivity index (χ2n) is 11.6. The van der Waals surface area contributed by atoms with Crippen molar-refractivity contribution in [2.75, 3.05) is 31.7 Å². The molecule has 0 aromatic heterocycles. The van der Waals surface area contributed by atoms with Crippen molar-refractivity contribution in [3.63, 3.8) is 0 Å². The van der Waals surface area contributed by atoms with E-state index >= 15 is 0 Å². The SMILES string of the molecule is C=C[C@H](OC)[C@@H]1CC[C@H]1CN1C[C@@]2(CCCc3cc(Cl)ccc32)COc2ccc([S+]([O-])NC(=O)C(C)C)cc21. The molecule has 39 heavy (non-hydrogen) atoms. The van der Waals surface area contributed by atoms with Crippen LogP contribution in [0.4, 0.5) is 5.69 Å². The predicted molar refractivity (Wildman–Crippen MR) is 157 cm³/mol. The second kappa shape index (κ2) is 11.7. The minimum absolute atomic E-state index is 0.0306. The van der Waals surface area contributed by atoms with Gasteiger partial charge in [0.2, 0.25) is 0 Å². The zero-order chi connectivity index (χ0) is 27.7. The van der Waals surface area contributed by atoms with E-state index < -0.39 is 11.4 Å². The molecule has 1 spiro atoms. The number of fused-ring (bicyclic) bond motifs is 3. The fourth-order valence-corrected chi connectivity index (χ4v) is 7.60. The Kier molecular flexibility index (Phi) is 8.53. The number of halogens is 1. The molecule has 1 amide bonds. The smallest absolute Gasteiger partial charge is 0.264 e. The van der Waals surface area contributed by atoms with Crippen LogP contribution in [0.1, 0.15) is 50.7 Å². The number of amides is 1. The summed E-state index contributed by atoms with van der Waals surface area (Å²) in [4.78, 5) is 15.3. The number of nitrogens with zero attached hydrogens (tertiary/aromatic N) is 1. The van der Waals surface area contributed by atoms with E-state index in [4.69, 9.17) is 21.1 Å². The highest BCUT2D eigenvalue weighted by atomic mass is 35.5. The Morgan fingerprint density at radius 1 is 1.33 bits per heavy atom. The highest BCUT2D eigenvalue weighted by Gasteiger charge is 2.44. The predicted octanol–water partition coefficient (Wildman–Crippen LogP) is 5.84. The van der Waals surface area contributed by atoms with Gasteiger partial charge in [0.1, 0.15) is 17.1 Å². The summed E-state index contributed by atoms with van der Waals surface area (Å²) in [6.07, 6.45) is 7.30. The summed E-state index contributed by atoms with van der Waals surface area (Å²) in [5, 5.41) is 0.767. The van der Waals surface area contributed by atoms with Crippen molar-refractivity contribution >= 4 is 34.6 Å². The molecule has 1 fully saturated rings. The van der Waals surface area contributed by atoms with Crippen molar-refractivity contribution < 1.29 is 18.8 Å². The van der Waals surface area contributed by atoms with Crippen LogP contribution in [0, 0.1) is 17.8 Å². The molecule has 1 aliphatic heterocycles. The number of ether oxygens (including phenoxy) is 2. The standard InChI is InChI=1S/C31H39ClN2O4S/c1-5-28(37-4)25-11-8-22(25)17-34-18-31(14-6-7-21-15-23(32)9-12-26(21)31)19-38-29-13-10-24(16-27(29)34)39(36)33-30(35)20(2)3/h5,9-10,12-13,15-16,20,22,25,28H,1,6-8,11,14,17-19H2,2-4H3,(H,33,35)/t22-,25+,28-,31-,39?/m0/s1. The monoisotopic (exact) mass is 570 g/mol. The van der Waals surface area contributed by atoms with Gasteiger partial charge in [0.25, 0.3) is 5.91 Å². The third-order valence-corrected chi connectivity index (χ3v) is 10.1.